The molecule has 0 aromatic heterocycles. The van der Waals surface area contributed by atoms with Crippen LogP contribution >= 0.6 is 31.9 Å². The van der Waals surface area contributed by atoms with Crippen molar-refractivity contribution in [2.45, 2.75) is 12.6 Å². The van der Waals surface area contributed by atoms with Crippen molar-refractivity contribution >= 4 is 31.9 Å². The van der Waals surface area contributed by atoms with Crippen LogP contribution in [-0.2, 0) is 0 Å². The van der Waals surface area contributed by atoms with Gasteiger partial charge in [0.2, 0.25) is 0 Å². The summed E-state index contributed by atoms with van der Waals surface area (Å²) in [5.74, 6) is 0. The summed E-state index contributed by atoms with van der Waals surface area (Å²) < 4.78 is 69.4. The summed E-state index contributed by atoms with van der Waals surface area (Å²) >= 11 is 4.46. The van der Waals surface area contributed by atoms with Crippen molar-refractivity contribution in [2.24, 2.45) is 0 Å². The molecule has 0 saturated heterocycles. The maximum Gasteiger partial charge on any atom is 0.492 e. The van der Waals surface area contributed by atoms with Crippen LogP contribution in [0.15, 0.2) is 9.59 Å². The summed E-state index contributed by atoms with van der Waals surface area (Å²) in [6, 6.07) is 0. The maximum atomic E-state index is 11.8. The molecule has 78 valence electrons. The van der Waals surface area contributed by atoms with E-state index in [4.69, 9.17) is 0 Å². The molecular formula is C4HBr2F6N. The molecule has 0 radical (unpaired) electrons. The number of nitrogens with zero attached hydrogens (tertiary/aromatic N) is 1. The molecule has 0 unspecified atom stereocenters. The molecule has 0 aliphatic carbocycles. The summed E-state index contributed by atoms with van der Waals surface area (Å²) in [4.78, 5) is -1.21. The molecule has 9 heteroatoms. The molecule has 0 rings (SSSR count). The Kier molecular flexibility index (Phi) is 4.10. The van der Waals surface area contributed by atoms with Crippen molar-refractivity contribution in [3.8, 4) is 0 Å². The fourth-order valence-corrected chi connectivity index (χ4v) is 1.04. The SMILES string of the molecule is FC(F)(F)N(/C(Br)=C\Br)C(F)(F)F. The van der Waals surface area contributed by atoms with Crippen LogP contribution < -0.4 is 0 Å². The summed E-state index contributed by atoms with van der Waals surface area (Å²) in [6.45, 7) is 0. The summed E-state index contributed by atoms with van der Waals surface area (Å²) in [5.41, 5.74) is 0. The van der Waals surface area contributed by atoms with Gasteiger partial charge in [-0.3, -0.25) is 0 Å². The molecule has 0 aliphatic rings. The zero-order valence-corrected chi connectivity index (χ0v) is 8.72. The van der Waals surface area contributed by atoms with Crippen LogP contribution in [0.3, 0.4) is 0 Å². The first-order valence-corrected chi connectivity index (χ1v) is 4.21. The highest BCUT2D eigenvalue weighted by atomic mass is 79.9. The van der Waals surface area contributed by atoms with E-state index < -0.39 is 22.1 Å². The first-order chi connectivity index (χ1) is 5.60. The van der Waals surface area contributed by atoms with Crippen LogP contribution in [0.25, 0.3) is 0 Å². The molecule has 0 spiro atoms. The minimum Gasteiger partial charge on any atom is -0.186 e. The van der Waals surface area contributed by atoms with Gasteiger partial charge in [-0.25, -0.2) is 0 Å². The Labute approximate surface area is 85.6 Å². The minimum absolute atomic E-state index is 0.466. The van der Waals surface area contributed by atoms with Gasteiger partial charge in [-0.05, 0) is 15.9 Å². The topological polar surface area (TPSA) is 3.24 Å². The molecule has 0 amide bonds. The molecule has 0 aromatic rings. The Balaban J connectivity index is 5.01. The molecular weight excluding hydrogens is 336 g/mol. The summed E-state index contributed by atoms with van der Waals surface area (Å²) in [5, 5.41) is 0. The predicted molar refractivity (Wildman–Crippen MR) is 39.9 cm³/mol. The van der Waals surface area contributed by atoms with E-state index in [0.717, 1.165) is 0 Å². The van der Waals surface area contributed by atoms with E-state index in [9.17, 15) is 26.3 Å². The summed E-state index contributed by atoms with van der Waals surface area (Å²) in [7, 11) is 0. The first-order valence-electron chi connectivity index (χ1n) is 2.50. The van der Waals surface area contributed by atoms with Crippen molar-refractivity contribution < 1.29 is 26.3 Å². The largest absolute Gasteiger partial charge is 0.492 e. The second-order valence-corrected chi connectivity index (χ2v) is 2.97. The van der Waals surface area contributed by atoms with Gasteiger partial charge in [-0.1, -0.05) is 15.9 Å². The zero-order chi connectivity index (χ0) is 10.9. The lowest BCUT2D eigenvalue weighted by Crippen LogP contribution is -2.45. The third-order valence-corrected chi connectivity index (χ3v) is 2.44. The van der Waals surface area contributed by atoms with Gasteiger partial charge in [-0.15, -0.1) is 26.3 Å². The Hall–Kier alpha value is 0.0800. The quantitative estimate of drug-likeness (QED) is 0.518. The van der Waals surface area contributed by atoms with E-state index >= 15 is 0 Å². The molecule has 0 heterocycles. The number of hydrogen-bond donors (Lipinski definition) is 0. The standard InChI is InChI=1S/C4HBr2F6N/c5-1-2(6)13(3(7,8)9)4(10,11)12/h1H/b2-1-. The lowest BCUT2D eigenvalue weighted by Gasteiger charge is -2.27. The second-order valence-electron chi connectivity index (χ2n) is 1.70. The van der Waals surface area contributed by atoms with Gasteiger partial charge >= 0.3 is 12.6 Å². The van der Waals surface area contributed by atoms with E-state index in [0.29, 0.717) is 4.99 Å². The minimum atomic E-state index is -5.51. The van der Waals surface area contributed by atoms with Gasteiger partial charge in [0, 0.05) is 4.99 Å². The van der Waals surface area contributed by atoms with Gasteiger partial charge in [0.25, 0.3) is 0 Å². The second kappa shape index (κ2) is 4.07. The molecule has 0 N–H and O–H groups in total. The number of alkyl halides is 6. The molecule has 0 atom stereocenters. The van der Waals surface area contributed by atoms with Crippen molar-refractivity contribution in [3.63, 3.8) is 0 Å². The Bertz CT molecular complexity index is 192. The van der Waals surface area contributed by atoms with Gasteiger partial charge in [0.15, 0.2) is 0 Å². The summed E-state index contributed by atoms with van der Waals surface area (Å²) in [6.07, 6.45) is -11.0. The Morgan fingerprint density at radius 1 is 1.00 bits per heavy atom. The number of halogens is 8. The smallest absolute Gasteiger partial charge is 0.186 e. The molecule has 0 saturated carbocycles. The van der Waals surface area contributed by atoms with Gasteiger partial charge < -0.3 is 0 Å². The lowest BCUT2D eigenvalue weighted by molar-refractivity contribution is -0.355. The lowest BCUT2D eigenvalue weighted by atomic mass is 10.7. The van der Waals surface area contributed by atoms with Crippen LogP contribution in [-0.4, -0.2) is 17.5 Å². The molecule has 0 aromatic carbocycles. The number of hydrogen-bond acceptors (Lipinski definition) is 1. The Morgan fingerprint density at radius 2 is 1.31 bits per heavy atom. The van der Waals surface area contributed by atoms with Crippen LogP contribution in [0.1, 0.15) is 0 Å². The van der Waals surface area contributed by atoms with Crippen LogP contribution in [0, 0.1) is 0 Å². The van der Waals surface area contributed by atoms with E-state index in [1.54, 1.807) is 0 Å². The average Bonchev–Trinajstić information content (AvgIpc) is 1.80. The maximum absolute atomic E-state index is 11.8. The molecule has 1 nitrogen and oxygen atoms in total. The molecule has 13 heavy (non-hydrogen) atoms. The van der Waals surface area contributed by atoms with Crippen LogP contribution in [0.2, 0.25) is 0 Å². The zero-order valence-electron chi connectivity index (χ0n) is 5.55. The van der Waals surface area contributed by atoms with E-state index in [2.05, 4.69) is 31.9 Å². The van der Waals surface area contributed by atoms with Crippen LogP contribution in [0.4, 0.5) is 26.3 Å². The first kappa shape index (κ1) is 13.1. The van der Waals surface area contributed by atoms with Crippen molar-refractivity contribution in [1.29, 1.82) is 0 Å². The van der Waals surface area contributed by atoms with Gasteiger partial charge in [0.05, 0.1) is 0 Å². The van der Waals surface area contributed by atoms with Crippen molar-refractivity contribution in [2.75, 3.05) is 0 Å². The fourth-order valence-electron chi connectivity index (χ4n) is 0.435. The monoisotopic (exact) mass is 335 g/mol. The highest BCUT2D eigenvalue weighted by Gasteiger charge is 2.54. The van der Waals surface area contributed by atoms with E-state index in [1.165, 1.54) is 0 Å². The fraction of sp³-hybridized carbons (Fsp3) is 0.500. The average molecular weight is 337 g/mol. The predicted octanol–water partition coefficient (Wildman–Crippen LogP) is 3.92. The number of rotatable bonds is 1. The van der Waals surface area contributed by atoms with E-state index in [-0.39, 0.29) is 0 Å². The molecule has 0 fully saturated rings. The highest BCUT2D eigenvalue weighted by molar-refractivity contribution is 9.14. The third kappa shape index (κ3) is 3.75. The van der Waals surface area contributed by atoms with Crippen molar-refractivity contribution in [3.05, 3.63) is 9.59 Å². The van der Waals surface area contributed by atoms with Crippen LogP contribution in [0.5, 0.6) is 0 Å². The van der Waals surface area contributed by atoms with E-state index in [1.807, 2.05) is 0 Å². The van der Waals surface area contributed by atoms with Gasteiger partial charge in [0.1, 0.15) is 4.61 Å². The van der Waals surface area contributed by atoms with Gasteiger partial charge in [-0.2, -0.15) is 4.90 Å². The molecule has 0 aliphatic heterocycles. The molecule has 0 bridgehead atoms. The normalized spacial score (nSPS) is 14.6. The van der Waals surface area contributed by atoms with Crippen molar-refractivity contribution in [1.82, 2.24) is 4.90 Å². The Morgan fingerprint density at radius 3 is 1.38 bits per heavy atom. The highest BCUT2D eigenvalue weighted by Crippen LogP contribution is 2.39. The third-order valence-electron chi connectivity index (χ3n) is 0.811.